The number of rotatable bonds is 4. The van der Waals surface area contributed by atoms with Crippen LogP contribution in [0.2, 0.25) is 0 Å². The second-order valence-electron chi connectivity index (χ2n) is 5.92. The van der Waals surface area contributed by atoms with E-state index in [1.807, 2.05) is 37.3 Å². The number of ether oxygens (including phenoxy) is 1. The molecule has 0 amide bonds. The van der Waals surface area contributed by atoms with E-state index in [-0.39, 0.29) is 6.61 Å². The zero-order chi connectivity index (χ0) is 18.2. The van der Waals surface area contributed by atoms with Crippen molar-refractivity contribution in [2.45, 2.75) is 13.5 Å². The third-order valence-corrected chi connectivity index (χ3v) is 4.11. The van der Waals surface area contributed by atoms with E-state index >= 15 is 0 Å². The molecule has 1 aromatic carbocycles. The molecule has 9 nitrogen and oxygen atoms in total. The Morgan fingerprint density at radius 1 is 1.11 bits per heavy atom. The molecule has 0 bridgehead atoms. The van der Waals surface area contributed by atoms with Crippen LogP contribution in [0, 0.1) is 6.92 Å². The summed E-state index contributed by atoms with van der Waals surface area (Å²) in [5.41, 5.74) is 2.67. The molecule has 0 saturated heterocycles. The number of benzene rings is 1. The van der Waals surface area contributed by atoms with Crippen molar-refractivity contribution in [3.8, 4) is 17.3 Å². The highest BCUT2D eigenvalue weighted by molar-refractivity contribution is 5.96. The molecule has 0 aliphatic heterocycles. The minimum atomic E-state index is 0.174. The van der Waals surface area contributed by atoms with E-state index in [4.69, 9.17) is 9.26 Å². The van der Waals surface area contributed by atoms with Crippen LogP contribution < -0.4 is 4.74 Å². The summed E-state index contributed by atoms with van der Waals surface area (Å²) in [5.74, 6) is 1.01. The van der Waals surface area contributed by atoms with Gasteiger partial charge in [-0.3, -0.25) is 4.98 Å². The average molecular weight is 359 g/mol. The Bertz CT molecular complexity index is 1260. The second-order valence-corrected chi connectivity index (χ2v) is 5.92. The predicted molar refractivity (Wildman–Crippen MR) is 94.9 cm³/mol. The van der Waals surface area contributed by atoms with Gasteiger partial charge in [0.25, 0.3) is 0 Å². The quantitative estimate of drug-likeness (QED) is 0.482. The second kappa shape index (κ2) is 6.13. The van der Waals surface area contributed by atoms with Crippen LogP contribution in [0.5, 0.6) is 5.88 Å². The summed E-state index contributed by atoms with van der Waals surface area (Å²) < 4.78 is 12.9. The van der Waals surface area contributed by atoms with Crippen LogP contribution in [-0.4, -0.2) is 34.9 Å². The summed E-state index contributed by atoms with van der Waals surface area (Å²) in [6.45, 7) is 2.03. The zero-order valence-electron chi connectivity index (χ0n) is 14.3. The molecule has 0 spiro atoms. The van der Waals surface area contributed by atoms with Crippen LogP contribution in [0.1, 0.15) is 11.4 Å². The lowest BCUT2D eigenvalue weighted by atomic mass is 10.2. The summed E-state index contributed by atoms with van der Waals surface area (Å²) in [6.07, 6.45) is 4.76. The van der Waals surface area contributed by atoms with Crippen molar-refractivity contribution in [3.63, 3.8) is 0 Å². The lowest BCUT2D eigenvalue weighted by Gasteiger charge is -2.10. The van der Waals surface area contributed by atoms with Gasteiger partial charge in [0.1, 0.15) is 24.3 Å². The molecule has 0 saturated carbocycles. The number of hydrogen-bond acceptors (Lipinski definition) is 8. The Hall–Kier alpha value is -3.88. The molecule has 4 heterocycles. The Morgan fingerprint density at radius 2 is 1.96 bits per heavy atom. The van der Waals surface area contributed by atoms with E-state index in [0.29, 0.717) is 28.7 Å². The van der Waals surface area contributed by atoms with Gasteiger partial charge >= 0.3 is 0 Å². The van der Waals surface area contributed by atoms with E-state index < -0.39 is 0 Å². The van der Waals surface area contributed by atoms with E-state index in [1.165, 1.54) is 0 Å². The molecule has 4 aromatic heterocycles. The fourth-order valence-electron chi connectivity index (χ4n) is 2.89. The van der Waals surface area contributed by atoms with Crippen molar-refractivity contribution in [3.05, 3.63) is 60.4 Å². The standard InChI is InChI=1S/C18H13N7O2/c1-11-8-15(27-24-11)16-14(19-6-7-20-16)9-26-18-13-5-3-2-4-12(13)17-22-21-10-25(17)23-18/h2-8,10H,9H2,1H3. The predicted octanol–water partition coefficient (Wildman–Crippen LogP) is 2.61. The molecule has 0 radical (unpaired) electrons. The van der Waals surface area contributed by atoms with Crippen LogP contribution in [0.4, 0.5) is 0 Å². The fourth-order valence-corrected chi connectivity index (χ4v) is 2.89. The molecule has 132 valence electrons. The first-order chi connectivity index (χ1) is 13.3. The monoisotopic (exact) mass is 359 g/mol. The van der Waals surface area contributed by atoms with Gasteiger partial charge in [0.2, 0.25) is 5.88 Å². The van der Waals surface area contributed by atoms with E-state index in [9.17, 15) is 0 Å². The Kier molecular flexibility index (Phi) is 3.49. The van der Waals surface area contributed by atoms with Gasteiger partial charge < -0.3 is 9.26 Å². The lowest BCUT2D eigenvalue weighted by molar-refractivity contribution is 0.288. The van der Waals surface area contributed by atoms with Gasteiger partial charge in [-0.1, -0.05) is 23.4 Å². The third-order valence-electron chi connectivity index (χ3n) is 4.11. The van der Waals surface area contributed by atoms with Gasteiger partial charge in [0, 0.05) is 29.2 Å². The molecule has 0 atom stereocenters. The van der Waals surface area contributed by atoms with Crippen LogP contribution in [-0.2, 0) is 6.61 Å². The van der Waals surface area contributed by atoms with Gasteiger partial charge in [0.15, 0.2) is 11.4 Å². The molecule has 0 aliphatic rings. The van der Waals surface area contributed by atoms with Gasteiger partial charge in [-0.25, -0.2) is 4.98 Å². The molecule has 5 rings (SSSR count). The molecule has 0 fully saturated rings. The van der Waals surface area contributed by atoms with Crippen molar-refractivity contribution in [2.24, 2.45) is 0 Å². The average Bonchev–Trinajstić information content (AvgIpc) is 3.35. The van der Waals surface area contributed by atoms with Crippen molar-refractivity contribution in [2.75, 3.05) is 0 Å². The van der Waals surface area contributed by atoms with Gasteiger partial charge in [-0.05, 0) is 13.0 Å². The van der Waals surface area contributed by atoms with Crippen LogP contribution in [0.15, 0.2) is 53.6 Å². The molecule has 0 unspecified atom stereocenters. The number of fused-ring (bicyclic) bond motifs is 3. The molecule has 0 aliphatic carbocycles. The molecular formula is C18H13N7O2. The Labute approximate surface area is 152 Å². The summed E-state index contributed by atoms with van der Waals surface area (Å²) in [5, 5.41) is 18.2. The van der Waals surface area contributed by atoms with Crippen LogP contribution >= 0.6 is 0 Å². The third kappa shape index (κ3) is 2.65. The first-order valence-electron chi connectivity index (χ1n) is 8.25. The van der Waals surface area contributed by atoms with Crippen molar-refractivity contribution in [1.82, 2.24) is 34.9 Å². The summed E-state index contributed by atoms with van der Waals surface area (Å²) in [4.78, 5) is 8.73. The maximum Gasteiger partial charge on any atom is 0.240 e. The highest BCUT2D eigenvalue weighted by Crippen LogP contribution is 2.27. The highest BCUT2D eigenvalue weighted by Gasteiger charge is 2.15. The van der Waals surface area contributed by atoms with Gasteiger partial charge in [-0.2, -0.15) is 4.52 Å². The number of hydrogen-bond donors (Lipinski definition) is 0. The molecule has 0 N–H and O–H groups in total. The minimum Gasteiger partial charge on any atom is -0.470 e. The topological polar surface area (TPSA) is 104 Å². The SMILES string of the molecule is Cc1cc(-c2nccnc2COc2nn3cnnc3c3ccccc23)on1. The molecule has 5 aromatic rings. The first kappa shape index (κ1) is 15.4. The molecular weight excluding hydrogens is 346 g/mol. The fraction of sp³-hybridized carbons (Fsp3) is 0.111. The molecule has 27 heavy (non-hydrogen) atoms. The van der Waals surface area contributed by atoms with Crippen LogP contribution in [0.3, 0.4) is 0 Å². The van der Waals surface area contributed by atoms with Crippen LogP contribution in [0.25, 0.3) is 27.9 Å². The maximum atomic E-state index is 6.00. The number of aryl methyl sites for hydroxylation is 1. The molecule has 9 heteroatoms. The minimum absolute atomic E-state index is 0.174. The lowest BCUT2D eigenvalue weighted by Crippen LogP contribution is -2.05. The maximum absolute atomic E-state index is 6.00. The summed E-state index contributed by atoms with van der Waals surface area (Å²) in [7, 11) is 0. The van der Waals surface area contributed by atoms with Gasteiger partial charge in [-0.15, -0.1) is 15.3 Å². The highest BCUT2D eigenvalue weighted by atomic mass is 16.5. The van der Waals surface area contributed by atoms with E-state index in [1.54, 1.807) is 23.2 Å². The van der Waals surface area contributed by atoms with Gasteiger partial charge in [0.05, 0.1) is 5.69 Å². The number of nitrogens with zero attached hydrogens (tertiary/aromatic N) is 7. The largest absolute Gasteiger partial charge is 0.470 e. The first-order valence-corrected chi connectivity index (χ1v) is 8.25. The summed E-state index contributed by atoms with van der Waals surface area (Å²) >= 11 is 0. The summed E-state index contributed by atoms with van der Waals surface area (Å²) in [6, 6.07) is 9.57. The Morgan fingerprint density at radius 3 is 2.81 bits per heavy atom. The van der Waals surface area contributed by atoms with E-state index in [2.05, 4.69) is 30.4 Å². The Balaban J connectivity index is 1.54. The van der Waals surface area contributed by atoms with Crippen molar-refractivity contribution in [1.29, 1.82) is 0 Å². The number of aromatic nitrogens is 7. The normalized spacial score (nSPS) is 11.3. The zero-order valence-corrected chi connectivity index (χ0v) is 14.3. The van der Waals surface area contributed by atoms with Crippen molar-refractivity contribution < 1.29 is 9.26 Å². The van der Waals surface area contributed by atoms with E-state index in [0.717, 1.165) is 16.5 Å². The smallest absolute Gasteiger partial charge is 0.240 e. The van der Waals surface area contributed by atoms with Crippen molar-refractivity contribution >= 4 is 16.4 Å².